The van der Waals surface area contributed by atoms with Crippen LogP contribution in [0.15, 0.2) is 29.3 Å². The molecule has 0 bridgehead atoms. The van der Waals surface area contributed by atoms with Crippen molar-refractivity contribution in [2.75, 3.05) is 6.61 Å². The molecule has 0 aliphatic rings. The molecular weight excluding hydrogens is 302 g/mol. The summed E-state index contributed by atoms with van der Waals surface area (Å²) in [6, 6.07) is 10.2. The van der Waals surface area contributed by atoms with E-state index in [4.69, 9.17) is 15.3 Å². The van der Waals surface area contributed by atoms with Crippen molar-refractivity contribution >= 4 is 17.9 Å². The van der Waals surface area contributed by atoms with Gasteiger partial charge in [-0.05, 0) is 30.7 Å². The van der Waals surface area contributed by atoms with Crippen LogP contribution in [-0.2, 0) is 4.74 Å². The number of nitrogens with zero attached hydrogens (tertiary/aromatic N) is 3. The molecule has 0 aliphatic heterocycles. The van der Waals surface area contributed by atoms with E-state index in [0.29, 0.717) is 17.9 Å². The van der Waals surface area contributed by atoms with Gasteiger partial charge >= 0.3 is 5.97 Å². The van der Waals surface area contributed by atoms with E-state index in [1.165, 1.54) is 31.9 Å². The number of aliphatic imine (C=N–C) groups is 1. The Morgan fingerprint density at radius 2 is 1.75 bits per heavy atom. The second-order valence-electron chi connectivity index (χ2n) is 5.46. The van der Waals surface area contributed by atoms with Gasteiger partial charge in [-0.1, -0.05) is 39.0 Å². The van der Waals surface area contributed by atoms with E-state index < -0.39 is 5.92 Å². The van der Waals surface area contributed by atoms with Gasteiger partial charge in [0.25, 0.3) is 0 Å². The Hall–Kier alpha value is -2.66. The number of benzene rings is 1. The average molecular weight is 325 g/mol. The number of rotatable bonds is 10. The summed E-state index contributed by atoms with van der Waals surface area (Å²) in [6.45, 7) is 2.63. The molecule has 0 amide bonds. The van der Waals surface area contributed by atoms with Crippen LogP contribution in [0.3, 0.4) is 0 Å². The van der Waals surface area contributed by atoms with Crippen LogP contribution >= 0.6 is 0 Å². The van der Waals surface area contributed by atoms with Gasteiger partial charge < -0.3 is 4.74 Å². The lowest BCUT2D eigenvalue weighted by Crippen LogP contribution is -2.06. The number of esters is 1. The van der Waals surface area contributed by atoms with Gasteiger partial charge in [-0.2, -0.15) is 10.5 Å². The molecule has 1 aromatic carbocycles. The van der Waals surface area contributed by atoms with Crippen molar-refractivity contribution in [2.45, 2.75) is 45.4 Å². The Morgan fingerprint density at radius 3 is 2.38 bits per heavy atom. The summed E-state index contributed by atoms with van der Waals surface area (Å²) in [6.07, 6.45) is 8.17. The van der Waals surface area contributed by atoms with E-state index in [9.17, 15) is 4.79 Å². The Balaban J connectivity index is 2.36. The molecule has 1 aromatic rings. The zero-order valence-corrected chi connectivity index (χ0v) is 14.1. The quantitative estimate of drug-likeness (QED) is 0.358. The van der Waals surface area contributed by atoms with Gasteiger partial charge in [0.05, 0.1) is 30.0 Å². The minimum atomic E-state index is -0.869. The Labute approximate surface area is 143 Å². The SMILES string of the molecule is CCCCCCCCOC(=O)c1ccc(N=CC(C#N)C#N)cc1. The fourth-order valence-corrected chi connectivity index (χ4v) is 2.07. The molecule has 0 spiro atoms. The van der Waals surface area contributed by atoms with Gasteiger partial charge in [-0.3, -0.25) is 4.99 Å². The summed E-state index contributed by atoms with van der Waals surface area (Å²) in [5.41, 5.74) is 1.05. The lowest BCUT2D eigenvalue weighted by molar-refractivity contribution is 0.0497. The van der Waals surface area contributed by atoms with E-state index in [2.05, 4.69) is 11.9 Å². The molecule has 5 nitrogen and oxygen atoms in total. The number of unbranched alkanes of at least 4 members (excludes halogenated alkanes) is 5. The van der Waals surface area contributed by atoms with Crippen molar-refractivity contribution in [3.8, 4) is 12.1 Å². The normalized spacial score (nSPS) is 10.5. The fraction of sp³-hybridized carbons (Fsp3) is 0.474. The Bertz CT molecular complexity index is 595. The predicted octanol–water partition coefficient (Wildman–Crippen LogP) is 4.57. The number of hydrogen-bond acceptors (Lipinski definition) is 5. The van der Waals surface area contributed by atoms with Gasteiger partial charge in [0, 0.05) is 6.21 Å². The first-order valence-electron chi connectivity index (χ1n) is 8.32. The molecule has 0 atom stereocenters. The van der Waals surface area contributed by atoms with E-state index in [-0.39, 0.29) is 5.97 Å². The molecule has 24 heavy (non-hydrogen) atoms. The lowest BCUT2D eigenvalue weighted by atomic mass is 10.1. The summed E-state index contributed by atoms with van der Waals surface area (Å²) in [7, 11) is 0. The number of ether oxygens (including phenoxy) is 1. The third-order valence-corrected chi connectivity index (χ3v) is 3.48. The molecule has 0 radical (unpaired) electrons. The minimum absolute atomic E-state index is 0.342. The van der Waals surface area contributed by atoms with Crippen molar-refractivity contribution in [1.29, 1.82) is 10.5 Å². The van der Waals surface area contributed by atoms with Gasteiger partial charge in [-0.25, -0.2) is 4.79 Å². The predicted molar refractivity (Wildman–Crippen MR) is 93.0 cm³/mol. The highest BCUT2D eigenvalue weighted by atomic mass is 16.5. The van der Waals surface area contributed by atoms with Crippen molar-refractivity contribution < 1.29 is 9.53 Å². The smallest absolute Gasteiger partial charge is 0.338 e. The van der Waals surface area contributed by atoms with E-state index >= 15 is 0 Å². The molecule has 0 aliphatic carbocycles. The number of carbonyl (C=O) groups excluding carboxylic acids is 1. The van der Waals surface area contributed by atoms with Crippen LogP contribution in [0.1, 0.15) is 55.8 Å². The fourth-order valence-electron chi connectivity index (χ4n) is 2.07. The van der Waals surface area contributed by atoms with Crippen LogP contribution in [0.4, 0.5) is 5.69 Å². The maximum atomic E-state index is 11.9. The molecule has 0 saturated heterocycles. The Morgan fingerprint density at radius 1 is 1.12 bits per heavy atom. The van der Waals surface area contributed by atoms with Crippen LogP contribution in [0.5, 0.6) is 0 Å². The minimum Gasteiger partial charge on any atom is -0.462 e. The lowest BCUT2D eigenvalue weighted by Gasteiger charge is -2.05. The van der Waals surface area contributed by atoms with Crippen LogP contribution in [-0.4, -0.2) is 18.8 Å². The molecule has 126 valence electrons. The molecule has 5 heteroatoms. The highest BCUT2D eigenvalue weighted by Crippen LogP contribution is 2.14. The standard InChI is InChI=1S/C19H23N3O2/c1-2-3-4-5-6-7-12-24-19(23)17-8-10-18(11-9-17)22-15-16(13-20)14-21/h8-11,15-16H,2-7,12H2,1H3. The molecule has 0 fully saturated rings. The number of nitriles is 2. The summed E-state index contributed by atoms with van der Waals surface area (Å²) < 4.78 is 5.24. The number of carbonyl (C=O) groups is 1. The first-order valence-corrected chi connectivity index (χ1v) is 8.32. The van der Waals surface area contributed by atoms with E-state index in [0.717, 1.165) is 12.8 Å². The average Bonchev–Trinajstić information content (AvgIpc) is 2.62. The first-order chi connectivity index (χ1) is 11.7. The number of hydrogen-bond donors (Lipinski definition) is 0. The highest BCUT2D eigenvalue weighted by molar-refractivity contribution is 5.89. The monoisotopic (exact) mass is 325 g/mol. The second kappa shape index (κ2) is 11.8. The van der Waals surface area contributed by atoms with Crippen LogP contribution < -0.4 is 0 Å². The molecule has 0 aromatic heterocycles. The maximum absolute atomic E-state index is 11.9. The molecule has 0 saturated carbocycles. The van der Waals surface area contributed by atoms with Crippen LogP contribution in [0, 0.1) is 28.6 Å². The molecule has 0 unspecified atom stereocenters. The van der Waals surface area contributed by atoms with E-state index in [1.807, 2.05) is 12.1 Å². The Kier molecular flexibility index (Phi) is 9.57. The maximum Gasteiger partial charge on any atom is 0.338 e. The third kappa shape index (κ3) is 7.56. The molecule has 0 heterocycles. The first kappa shape index (κ1) is 19.4. The zero-order valence-electron chi connectivity index (χ0n) is 14.1. The van der Waals surface area contributed by atoms with Crippen molar-refractivity contribution in [1.82, 2.24) is 0 Å². The summed E-state index contributed by atoms with van der Waals surface area (Å²) >= 11 is 0. The van der Waals surface area contributed by atoms with Crippen molar-refractivity contribution in [3.63, 3.8) is 0 Å². The van der Waals surface area contributed by atoms with Gasteiger partial charge in [0.1, 0.15) is 0 Å². The van der Waals surface area contributed by atoms with Crippen molar-refractivity contribution in [2.24, 2.45) is 10.9 Å². The molecule has 0 N–H and O–H groups in total. The second-order valence-corrected chi connectivity index (χ2v) is 5.46. The highest BCUT2D eigenvalue weighted by Gasteiger charge is 2.06. The topological polar surface area (TPSA) is 86.2 Å². The van der Waals surface area contributed by atoms with Gasteiger partial charge in [0.2, 0.25) is 0 Å². The zero-order chi connectivity index (χ0) is 17.6. The summed E-state index contributed by atoms with van der Waals surface area (Å²) in [5.74, 6) is -1.21. The van der Waals surface area contributed by atoms with Gasteiger partial charge in [0.15, 0.2) is 5.92 Å². The van der Waals surface area contributed by atoms with Gasteiger partial charge in [-0.15, -0.1) is 0 Å². The van der Waals surface area contributed by atoms with Crippen LogP contribution in [0.2, 0.25) is 0 Å². The summed E-state index contributed by atoms with van der Waals surface area (Å²) in [5, 5.41) is 17.3. The van der Waals surface area contributed by atoms with Crippen LogP contribution in [0.25, 0.3) is 0 Å². The summed E-state index contributed by atoms with van der Waals surface area (Å²) in [4.78, 5) is 15.9. The molecule has 1 rings (SSSR count). The third-order valence-electron chi connectivity index (χ3n) is 3.48. The molecular formula is C19H23N3O2. The largest absolute Gasteiger partial charge is 0.462 e. The van der Waals surface area contributed by atoms with E-state index in [1.54, 1.807) is 24.3 Å². The van der Waals surface area contributed by atoms with Crippen molar-refractivity contribution in [3.05, 3.63) is 29.8 Å².